The number of hydrogen-bond donors (Lipinski definition) is 1. The van der Waals surface area contributed by atoms with Crippen molar-refractivity contribution in [1.29, 1.82) is 0 Å². The van der Waals surface area contributed by atoms with E-state index in [0.717, 1.165) is 29.6 Å². The van der Waals surface area contributed by atoms with E-state index >= 15 is 0 Å². The molecule has 21 heavy (non-hydrogen) atoms. The van der Waals surface area contributed by atoms with Crippen LogP contribution < -0.4 is 19.5 Å². The highest BCUT2D eigenvalue weighted by Gasteiger charge is 2.20. The molecule has 2 aromatic rings. The van der Waals surface area contributed by atoms with Crippen molar-refractivity contribution in [1.82, 2.24) is 5.32 Å². The summed E-state index contributed by atoms with van der Waals surface area (Å²) >= 11 is 0. The van der Waals surface area contributed by atoms with Gasteiger partial charge in [-0.1, -0.05) is 13.8 Å². The minimum atomic E-state index is 0.582. The maximum Gasteiger partial charge on any atom is 0.204 e. The molecule has 0 unspecified atom stereocenters. The van der Waals surface area contributed by atoms with E-state index in [9.17, 15) is 0 Å². The molecule has 0 amide bonds. The van der Waals surface area contributed by atoms with Gasteiger partial charge in [-0.25, -0.2) is 0 Å². The van der Waals surface area contributed by atoms with Crippen LogP contribution in [-0.2, 0) is 6.54 Å². The van der Waals surface area contributed by atoms with Crippen molar-refractivity contribution in [2.75, 3.05) is 27.9 Å². The van der Waals surface area contributed by atoms with Gasteiger partial charge in [0.25, 0.3) is 0 Å². The highest BCUT2D eigenvalue weighted by atomic mass is 16.5. The Morgan fingerprint density at radius 2 is 1.81 bits per heavy atom. The van der Waals surface area contributed by atoms with Crippen molar-refractivity contribution in [2.24, 2.45) is 5.92 Å². The Labute approximate surface area is 125 Å². The summed E-state index contributed by atoms with van der Waals surface area (Å²) < 4.78 is 21.9. The first-order valence-electron chi connectivity index (χ1n) is 7.02. The van der Waals surface area contributed by atoms with E-state index in [1.165, 1.54) is 0 Å². The second-order valence-corrected chi connectivity index (χ2v) is 5.30. The van der Waals surface area contributed by atoms with Crippen LogP contribution in [0.1, 0.15) is 19.4 Å². The van der Waals surface area contributed by atoms with E-state index in [0.29, 0.717) is 23.2 Å². The first kappa shape index (κ1) is 15.5. The van der Waals surface area contributed by atoms with Gasteiger partial charge in [-0.15, -0.1) is 0 Å². The highest BCUT2D eigenvalue weighted by molar-refractivity contribution is 5.92. The molecule has 2 rings (SSSR count). The predicted octanol–water partition coefficient (Wildman–Crippen LogP) is 3.20. The summed E-state index contributed by atoms with van der Waals surface area (Å²) in [6.07, 6.45) is 1.75. The van der Waals surface area contributed by atoms with Gasteiger partial charge < -0.3 is 23.9 Å². The van der Waals surface area contributed by atoms with E-state index in [-0.39, 0.29) is 0 Å². The molecule has 0 aliphatic rings. The molecule has 0 fully saturated rings. The standard InChI is InChI=1S/C16H23NO4/c1-10(2)7-17-8-11-9-21-12-6-13(18-3)15(19-4)16(20-5)14(11)12/h6,9-10,17H,7-8H2,1-5H3. The fourth-order valence-corrected chi connectivity index (χ4v) is 2.35. The molecule has 116 valence electrons. The van der Waals surface area contributed by atoms with Gasteiger partial charge in [-0.2, -0.15) is 0 Å². The number of methoxy groups -OCH3 is 3. The molecule has 0 radical (unpaired) electrons. The molecular weight excluding hydrogens is 270 g/mol. The van der Waals surface area contributed by atoms with Gasteiger partial charge in [0, 0.05) is 18.2 Å². The second-order valence-electron chi connectivity index (χ2n) is 5.30. The number of ether oxygens (including phenoxy) is 3. The molecule has 0 saturated heterocycles. The van der Waals surface area contributed by atoms with Crippen molar-refractivity contribution >= 4 is 11.0 Å². The number of hydrogen-bond acceptors (Lipinski definition) is 5. The summed E-state index contributed by atoms with van der Waals surface area (Å²) in [5, 5.41) is 4.33. The minimum Gasteiger partial charge on any atom is -0.493 e. The Kier molecular flexibility index (Phi) is 4.96. The van der Waals surface area contributed by atoms with Crippen molar-refractivity contribution < 1.29 is 18.6 Å². The van der Waals surface area contributed by atoms with Gasteiger partial charge in [-0.05, 0) is 12.5 Å². The Bertz CT molecular complexity index is 604. The number of nitrogens with one attached hydrogen (secondary N) is 1. The van der Waals surface area contributed by atoms with Crippen molar-refractivity contribution in [3.63, 3.8) is 0 Å². The third-order valence-electron chi connectivity index (χ3n) is 3.31. The Hall–Kier alpha value is -1.88. The lowest BCUT2D eigenvalue weighted by molar-refractivity contribution is 0.326. The lowest BCUT2D eigenvalue weighted by atomic mass is 10.1. The quantitative estimate of drug-likeness (QED) is 0.849. The Morgan fingerprint density at radius 3 is 2.38 bits per heavy atom. The molecular formula is C16H23NO4. The lowest BCUT2D eigenvalue weighted by Gasteiger charge is -2.13. The SMILES string of the molecule is COc1cc2occ(CNCC(C)C)c2c(OC)c1OC. The average molecular weight is 293 g/mol. The number of benzene rings is 1. The van der Waals surface area contributed by atoms with Crippen LogP contribution in [0.15, 0.2) is 16.7 Å². The van der Waals surface area contributed by atoms with Crippen LogP contribution >= 0.6 is 0 Å². The molecule has 0 spiro atoms. The molecule has 5 nitrogen and oxygen atoms in total. The maximum atomic E-state index is 5.64. The number of fused-ring (bicyclic) bond motifs is 1. The summed E-state index contributed by atoms with van der Waals surface area (Å²) in [5.41, 5.74) is 1.77. The Balaban J connectivity index is 2.44. The van der Waals surface area contributed by atoms with Gasteiger partial charge in [0.1, 0.15) is 5.58 Å². The molecule has 1 heterocycles. The molecule has 0 bridgehead atoms. The first-order chi connectivity index (χ1) is 10.1. The van der Waals surface area contributed by atoms with Crippen LogP contribution in [0, 0.1) is 5.92 Å². The summed E-state index contributed by atoms with van der Waals surface area (Å²) in [5.74, 6) is 2.42. The highest BCUT2D eigenvalue weighted by Crippen LogP contribution is 2.45. The van der Waals surface area contributed by atoms with E-state index in [2.05, 4.69) is 19.2 Å². The Morgan fingerprint density at radius 1 is 1.10 bits per heavy atom. The first-order valence-corrected chi connectivity index (χ1v) is 7.02. The lowest BCUT2D eigenvalue weighted by Crippen LogP contribution is -2.18. The minimum absolute atomic E-state index is 0.582. The van der Waals surface area contributed by atoms with Crippen LogP contribution in [0.25, 0.3) is 11.0 Å². The third kappa shape index (κ3) is 3.08. The van der Waals surface area contributed by atoms with Crippen LogP contribution in [0.2, 0.25) is 0 Å². The predicted molar refractivity (Wildman–Crippen MR) is 82.4 cm³/mol. The van der Waals surface area contributed by atoms with Gasteiger partial charge in [0.05, 0.1) is 33.0 Å². The fourth-order valence-electron chi connectivity index (χ4n) is 2.35. The topological polar surface area (TPSA) is 52.9 Å². The molecule has 0 aliphatic carbocycles. The van der Waals surface area contributed by atoms with Crippen LogP contribution in [0.5, 0.6) is 17.2 Å². The molecule has 1 aromatic heterocycles. The van der Waals surface area contributed by atoms with E-state index in [4.69, 9.17) is 18.6 Å². The zero-order chi connectivity index (χ0) is 15.4. The monoisotopic (exact) mass is 293 g/mol. The van der Waals surface area contributed by atoms with E-state index in [1.54, 1.807) is 27.6 Å². The average Bonchev–Trinajstić information content (AvgIpc) is 2.87. The molecule has 1 aromatic carbocycles. The molecule has 0 saturated carbocycles. The summed E-state index contributed by atoms with van der Waals surface area (Å²) in [6.45, 7) is 6.02. The summed E-state index contributed by atoms with van der Waals surface area (Å²) in [7, 11) is 4.81. The molecule has 0 atom stereocenters. The number of rotatable bonds is 7. The number of furan rings is 1. The van der Waals surface area contributed by atoms with Crippen LogP contribution in [0.3, 0.4) is 0 Å². The molecule has 5 heteroatoms. The van der Waals surface area contributed by atoms with E-state index < -0.39 is 0 Å². The molecule has 0 aliphatic heterocycles. The largest absolute Gasteiger partial charge is 0.493 e. The normalized spacial score (nSPS) is 11.1. The van der Waals surface area contributed by atoms with Gasteiger partial charge >= 0.3 is 0 Å². The van der Waals surface area contributed by atoms with Crippen molar-refractivity contribution in [3.8, 4) is 17.2 Å². The van der Waals surface area contributed by atoms with Crippen LogP contribution in [0.4, 0.5) is 0 Å². The third-order valence-corrected chi connectivity index (χ3v) is 3.31. The fraction of sp³-hybridized carbons (Fsp3) is 0.500. The van der Waals surface area contributed by atoms with Gasteiger partial charge in [0.15, 0.2) is 11.5 Å². The molecule has 1 N–H and O–H groups in total. The van der Waals surface area contributed by atoms with Crippen molar-refractivity contribution in [3.05, 3.63) is 17.9 Å². The van der Waals surface area contributed by atoms with Crippen LogP contribution in [-0.4, -0.2) is 27.9 Å². The second kappa shape index (κ2) is 6.72. The zero-order valence-electron chi connectivity index (χ0n) is 13.3. The summed E-state index contributed by atoms with van der Waals surface area (Å²) in [6, 6.07) is 1.82. The van der Waals surface area contributed by atoms with Gasteiger partial charge in [0.2, 0.25) is 5.75 Å². The summed E-state index contributed by atoms with van der Waals surface area (Å²) in [4.78, 5) is 0. The zero-order valence-corrected chi connectivity index (χ0v) is 13.3. The smallest absolute Gasteiger partial charge is 0.204 e. The van der Waals surface area contributed by atoms with Crippen molar-refractivity contribution in [2.45, 2.75) is 20.4 Å². The van der Waals surface area contributed by atoms with Gasteiger partial charge in [-0.3, -0.25) is 0 Å². The van der Waals surface area contributed by atoms with E-state index in [1.807, 2.05) is 6.07 Å². The maximum absolute atomic E-state index is 5.64.